The van der Waals surface area contributed by atoms with Gasteiger partial charge in [0.2, 0.25) is 0 Å². The van der Waals surface area contributed by atoms with E-state index in [-0.39, 0.29) is 11.3 Å². The molecule has 1 radical (unpaired) electrons. The first kappa shape index (κ1) is 11.6. The minimum atomic E-state index is -4.76. The second kappa shape index (κ2) is 4.39. The fourth-order valence-corrected chi connectivity index (χ4v) is 0.979. The summed E-state index contributed by atoms with van der Waals surface area (Å²) in [7, 11) is 1.30. The minimum Gasteiger partial charge on any atom is -0.497 e. The van der Waals surface area contributed by atoms with Gasteiger partial charge in [0, 0.05) is 6.07 Å². The number of benzene rings is 1. The number of alkyl halides is 3. The number of hydrogen-bond acceptors (Lipinski definition) is 3. The van der Waals surface area contributed by atoms with Crippen LogP contribution in [0.25, 0.3) is 0 Å². The van der Waals surface area contributed by atoms with Crippen LogP contribution in [0.2, 0.25) is 0 Å². The second-order valence-electron chi connectivity index (χ2n) is 2.62. The van der Waals surface area contributed by atoms with Gasteiger partial charge in [-0.25, -0.2) is 0 Å². The number of ether oxygens (including phenoxy) is 2. The Balaban J connectivity index is 2.97. The van der Waals surface area contributed by atoms with Crippen molar-refractivity contribution in [3.63, 3.8) is 0 Å². The van der Waals surface area contributed by atoms with Crippen molar-refractivity contribution in [1.82, 2.24) is 0 Å². The normalized spacial score (nSPS) is 11.3. The van der Waals surface area contributed by atoms with Crippen molar-refractivity contribution in [2.45, 2.75) is 6.36 Å². The summed E-state index contributed by atoms with van der Waals surface area (Å²) in [6.07, 6.45) is -4.76. The molecule has 0 saturated heterocycles. The Labute approximate surface area is 84.0 Å². The van der Waals surface area contributed by atoms with Gasteiger partial charge in [-0.05, 0) is 17.7 Å². The van der Waals surface area contributed by atoms with E-state index in [1.54, 1.807) is 0 Å². The van der Waals surface area contributed by atoms with E-state index < -0.39 is 12.1 Å². The van der Waals surface area contributed by atoms with Crippen LogP contribution in [0.15, 0.2) is 18.2 Å². The number of halogens is 3. The van der Waals surface area contributed by atoms with E-state index >= 15 is 0 Å². The smallest absolute Gasteiger partial charge is 0.497 e. The quantitative estimate of drug-likeness (QED) is 0.852. The molecule has 83 valence electrons. The van der Waals surface area contributed by atoms with Crippen molar-refractivity contribution in [3.05, 3.63) is 30.4 Å². The Morgan fingerprint density at radius 1 is 1.20 bits per heavy atom. The highest BCUT2D eigenvalue weighted by atomic mass is 19.4. The molecular formula is C9H8F3O3. The summed E-state index contributed by atoms with van der Waals surface area (Å²) in [5.41, 5.74) is 0.161. The van der Waals surface area contributed by atoms with E-state index in [4.69, 9.17) is 9.84 Å². The minimum absolute atomic E-state index is 0.161. The molecule has 1 aromatic carbocycles. The van der Waals surface area contributed by atoms with E-state index in [1.807, 2.05) is 0 Å². The Morgan fingerprint density at radius 3 is 2.27 bits per heavy atom. The molecule has 0 fully saturated rings. The molecule has 0 heterocycles. The van der Waals surface area contributed by atoms with Crippen LogP contribution in [-0.2, 0) is 0 Å². The third-order valence-corrected chi connectivity index (χ3v) is 1.52. The van der Waals surface area contributed by atoms with Gasteiger partial charge >= 0.3 is 6.36 Å². The molecule has 0 amide bonds. The third-order valence-electron chi connectivity index (χ3n) is 1.52. The molecule has 1 N–H and O–H groups in total. The molecule has 0 aliphatic heterocycles. The van der Waals surface area contributed by atoms with E-state index in [0.717, 1.165) is 12.1 Å². The van der Waals surface area contributed by atoms with E-state index in [1.165, 1.54) is 13.2 Å². The predicted octanol–water partition coefficient (Wildman–Crippen LogP) is 2.48. The largest absolute Gasteiger partial charge is 0.573 e. The lowest BCUT2D eigenvalue weighted by atomic mass is 10.2. The molecule has 15 heavy (non-hydrogen) atoms. The molecule has 3 nitrogen and oxygen atoms in total. The monoisotopic (exact) mass is 221 g/mol. The first-order valence-electron chi connectivity index (χ1n) is 3.87. The van der Waals surface area contributed by atoms with Crippen molar-refractivity contribution in [3.8, 4) is 11.5 Å². The Kier molecular flexibility index (Phi) is 3.41. The van der Waals surface area contributed by atoms with E-state index in [2.05, 4.69) is 4.74 Å². The maximum absolute atomic E-state index is 11.9. The molecular weight excluding hydrogens is 213 g/mol. The van der Waals surface area contributed by atoms with Gasteiger partial charge in [-0.3, -0.25) is 0 Å². The van der Waals surface area contributed by atoms with Crippen molar-refractivity contribution in [2.24, 2.45) is 0 Å². The van der Waals surface area contributed by atoms with Gasteiger partial charge < -0.3 is 14.6 Å². The van der Waals surface area contributed by atoms with Crippen molar-refractivity contribution < 1.29 is 27.8 Å². The molecule has 0 aliphatic rings. The highest BCUT2D eigenvalue weighted by molar-refractivity contribution is 5.40. The Morgan fingerprint density at radius 2 is 1.80 bits per heavy atom. The number of methoxy groups -OCH3 is 1. The molecule has 1 rings (SSSR count). The second-order valence-corrected chi connectivity index (χ2v) is 2.62. The predicted molar refractivity (Wildman–Crippen MR) is 45.0 cm³/mol. The molecule has 0 aromatic heterocycles. The average molecular weight is 221 g/mol. The third kappa shape index (κ3) is 3.67. The first-order chi connectivity index (χ1) is 6.94. The van der Waals surface area contributed by atoms with Crippen LogP contribution in [0.3, 0.4) is 0 Å². The van der Waals surface area contributed by atoms with Gasteiger partial charge in [-0.2, -0.15) is 0 Å². The van der Waals surface area contributed by atoms with Crippen molar-refractivity contribution in [1.29, 1.82) is 0 Å². The number of aliphatic hydroxyl groups excluding tert-OH is 1. The van der Waals surface area contributed by atoms with E-state index in [9.17, 15) is 13.2 Å². The van der Waals surface area contributed by atoms with Crippen molar-refractivity contribution in [2.75, 3.05) is 7.11 Å². The Bertz CT molecular complexity index is 314. The molecule has 0 spiro atoms. The van der Waals surface area contributed by atoms with E-state index in [0.29, 0.717) is 6.61 Å². The number of aliphatic hydroxyl groups is 1. The summed E-state index contributed by atoms with van der Waals surface area (Å²) in [5, 5.41) is 8.66. The highest BCUT2D eigenvalue weighted by Crippen LogP contribution is 2.28. The van der Waals surface area contributed by atoms with Gasteiger partial charge in [0.05, 0.1) is 7.11 Å². The molecule has 0 saturated carbocycles. The standard InChI is InChI=1S/C9H8F3O3/c1-14-7-2-6(5-13)3-8(4-7)15-9(10,11)12/h2-5,13H,1H3. The van der Waals surface area contributed by atoms with Crippen LogP contribution in [-0.4, -0.2) is 18.6 Å². The van der Waals surface area contributed by atoms with Gasteiger partial charge in [0.25, 0.3) is 0 Å². The van der Waals surface area contributed by atoms with Gasteiger partial charge in [-0.1, -0.05) is 0 Å². The summed E-state index contributed by atoms with van der Waals surface area (Å²) in [4.78, 5) is 0. The zero-order valence-corrected chi connectivity index (χ0v) is 7.71. The number of hydrogen-bond donors (Lipinski definition) is 1. The van der Waals surface area contributed by atoms with Crippen LogP contribution >= 0.6 is 0 Å². The first-order valence-corrected chi connectivity index (χ1v) is 3.87. The van der Waals surface area contributed by atoms with Gasteiger partial charge in [-0.15, -0.1) is 13.2 Å². The summed E-state index contributed by atoms with van der Waals surface area (Å²) in [6, 6.07) is 3.47. The topological polar surface area (TPSA) is 38.7 Å². The SMILES string of the molecule is COc1cc([CH]O)cc(OC(F)(F)F)c1. The summed E-state index contributed by atoms with van der Waals surface area (Å²) in [5.74, 6) is -0.279. The van der Waals surface area contributed by atoms with Crippen LogP contribution in [0.4, 0.5) is 13.2 Å². The molecule has 0 aliphatic carbocycles. The lowest BCUT2D eigenvalue weighted by molar-refractivity contribution is -0.274. The van der Waals surface area contributed by atoms with Gasteiger partial charge in [0.1, 0.15) is 18.1 Å². The molecule has 0 atom stereocenters. The summed E-state index contributed by atoms with van der Waals surface area (Å²) < 4.78 is 44.0. The van der Waals surface area contributed by atoms with Crippen LogP contribution in [0, 0.1) is 6.61 Å². The highest BCUT2D eigenvalue weighted by Gasteiger charge is 2.31. The maximum atomic E-state index is 11.9. The zero-order chi connectivity index (χ0) is 11.5. The lowest BCUT2D eigenvalue weighted by Crippen LogP contribution is -2.17. The average Bonchev–Trinajstić information content (AvgIpc) is 2.14. The fourth-order valence-electron chi connectivity index (χ4n) is 0.979. The number of rotatable bonds is 3. The molecule has 0 bridgehead atoms. The van der Waals surface area contributed by atoms with Crippen LogP contribution in [0.1, 0.15) is 5.56 Å². The fraction of sp³-hybridized carbons (Fsp3) is 0.222. The van der Waals surface area contributed by atoms with Crippen LogP contribution in [0.5, 0.6) is 11.5 Å². The molecule has 6 heteroatoms. The molecule has 1 aromatic rings. The van der Waals surface area contributed by atoms with Gasteiger partial charge in [0.15, 0.2) is 0 Å². The van der Waals surface area contributed by atoms with Crippen LogP contribution < -0.4 is 9.47 Å². The zero-order valence-electron chi connectivity index (χ0n) is 7.71. The lowest BCUT2D eigenvalue weighted by Gasteiger charge is -2.11. The Hall–Kier alpha value is -1.43. The molecule has 0 unspecified atom stereocenters. The van der Waals surface area contributed by atoms with Crippen molar-refractivity contribution >= 4 is 0 Å². The summed E-state index contributed by atoms with van der Waals surface area (Å²) >= 11 is 0. The maximum Gasteiger partial charge on any atom is 0.573 e. The summed E-state index contributed by atoms with van der Waals surface area (Å²) in [6.45, 7) is 0.658.